The van der Waals surface area contributed by atoms with Gasteiger partial charge in [0.2, 0.25) is 5.95 Å². The van der Waals surface area contributed by atoms with Crippen molar-refractivity contribution in [2.45, 2.75) is 6.42 Å². The van der Waals surface area contributed by atoms with E-state index in [1.54, 1.807) is 13.3 Å². The maximum absolute atomic E-state index is 5.83. The van der Waals surface area contributed by atoms with Gasteiger partial charge in [0.05, 0.1) is 7.11 Å². The van der Waals surface area contributed by atoms with Gasteiger partial charge in [-0.2, -0.15) is 4.98 Å². The number of nitrogens with two attached hydrogens (primary N) is 2. The van der Waals surface area contributed by atoms with Gasteiger partial charge in [0.15, 0.2) is 0 Å². The minimum Gasteiger partial charge on any atom is -0.497 e. The first-order valence-corrected chi connectivity index (χ1v) is 6.37. The lowest BCUT2D eigenvalue weighted by Gasteiger charge is -2.09. The van der Waals surface area contributed by atoms with E-state index < -0.39 is 0 Å². The highest BCUT2D eigenvalue weighted by Crippen LogP contribution is 2.23. The number of benzene rings is 1. The molecule has 0 amide bonds. The van der Waals surface area contributed by atoms with Crippen LogP contribution in [0, 0.1) is 3.57 Å². The number of rotatable bonds is 3. The maximum Gasteiger partial charge on any atom is 0.221 e. The molecule has 0 aliphatic rings. The number of nitrogens with zero attached hydrogens (tertiary/aromatic N) is 2. The van der Waals surface area contributed by atoms with Crippen molar-refractivity contribution < 1.29 is 4.74 Å². The second-order valence-corrected chi connectivity index (χ2v) is 4.93. The largest absolute Gasteiger partial charge is 0.497 e. The Morgan fingerprint density at radius 3 is 2.72 bits per heavy atom. The Hall–Kier alpha value is -1.57. The number of anilines is 2. The van der Waals surface area contributed by atoms with Crippen LogP contribution >= 0.6 is 22.6 Å². The smallest absolute Gasteiger partial charge is 0.221 e. The molecule has 4 N–H and O–H groups in total. The number of hydrogen-bond donors (Lipinski definition) is 2. The Labute approximate surface area is 119 Å². The molecule has 5 nitrogen and oxygen atoms in total. The topological polar surface area (TPSA) is 87.0 Å². The molecule has 0 aliphatic heterocycles. The number of hydrogen-bond acceptors (Lipinski definition) is 5. The summed E-state index contributed by atoms with van der Waals surface area (Å²) in [5.41, 5.74) is 13.3. The SMILES string of the molecule is COc1ccc(I)c(Cc2cnc(N)nc2N)c1. The van der Waals surface area contributed by atoms with Crippen molar-refractivity contribution >= 4 is 34.4 Å². The van der Waals surface area contributed by atoms with Crippen molar-refractivity contribution in [1.29, 1.82) is 0 Å². The van der Waals surface area contributed by atoms with E-state index in [-0.39, 0.29) is 5.95 Å². The highest BCUT2D eigenvalue weighted by molar-refractivity contribution is 14.1. The van der Waals surface area contributed by atoms with Crippen LogP contribution in [0.5, 0.6) is 5.75 Å². The van der Waals surface area contributed by atoms with Crippen molar-refractivity contribution in [2.75, 3.05) is 18.6 Å². The summed E-state index contributed by atoms with van der Waals surface area (Å²) in [6.45, 7) is 0. The van der Waals surface area contributed by atoms with E-state index in [1.165, 1.54) is 0 Å². The summed E-state index contributed by atoms with van der Waals surface area (Å²) in [6.07, 6.45) is 2.31. The molecule has 2 rings (SSSR count). The van der Waals surface area contributed by atoms with Crippen molar-refractivity contribution in [3.05, 3.63) is 39.1 Å². The van der Waals surface area contributed by atoms with Gasteiger partial charge in [0.25, 0.3) is 0 Å². The molecule has 0 bridgehead atoms. The molecule has 0 unspecified atom stereocenters. The van der Waals surface area contributed by atoms with Gasteiger partial charge in [-0.3, -0.25) is 0 Å². The fraction of sp³-hybridized carbons (Fsp3) is 0.167. The molecule has 0 saturated heterocycles. The highest BCUT2D eigenvalue weighted by Gasteiger charge is 2.07. The zero-order chi connectivity index (χ0) is 13.1. The van der Waals surface area contributed by atoms with Crippen LogP contribution in [0.2, 0.25) is 0 Å². The monoisotopic (exact) mass is 356 g/mol. The maximum atomic E-state index is 5.83. The van der Waals surface area contributed by atoms with Crippen LogP contribution in [0.3, 0.4) is 0 Å². The molecule has 18 heavy (non-hydrogen) atoms. The molecule has 1 heterocycles. The number of nitrogen functional groups attached to an aromatic ring is 2. The summed E-state index contributed by atoms with van der Waals surface area (Å²) in [6, 6.07) is 5.91. The average molecular weight is 356 g/mol. The van der Waals surface area contributed by atoms with Gasteiger partial charge < -0.3 is 16.2 Å². The first kappa shape index (κ1) is 12.9. The third-order valence-corrected chi connectivity index (χ3v) is 3.60. The minimum absolute atomic E-state index is 0.191. The van der Waals surface area contributed by atoms with Crippen molar-refractivity contribution in [2.24, 2.45) is 0 Å². The molecular weight excluding hydrogens is 343 g/mol. The quantitative estimate of drug-likeness (QED) is 0.820. The summed E-state index contributed by atoms with van der Waals surface area (Å²) < 4.78 is 6.35. The van der Waals surface area contributed by atoms with E-state index >= 15 is 0 Å². The second kappa shape index (κ2) is 5.38. The molecule has 6 heteroatoms. The molecule has 1 aromatic heterocycles. The van der Waals surface area contributed by atoms with Crippen molar-refractivity contribution in [3.8, 4) is 5.75 Å². The third-order valence-electron chi connectivity index (χ3n) is 2.55. The zero-order valence-electron chi connectivity index (χ0n) is 9.85. The predicted molar refractivity (Wildman–Crippen MR) is 79.4 cm³/mol. The van der Waals surface area contributed by atoms with E-state index in [2.05, 4.69) is 32.6 Å². The molecule has 0 saturated carbocycles. The Balaban J connectivity index is 2.33. The molecule has 2 aromatic rings. The average Bonchev–Trinajstić information content (AvgIpc) is 2.35. The van der Waals surface area contributed by atoms with Crippen LogP contribution < -0.4 is 16.2 Å². The summed E-state index contributed by atoms with van der Waals surface area (Å²) in [5, 5.41) is 0. The van der Waals surface area contributed by atoms with Gasteiger partial charge in [0.1, 0.15) is 11.6 Å². The fourth-order valence-corrected chi connectivity index (χ4v) is 2.12. The number of ether oxygens (including phenoxy) is 1. The standard InChI is InChI=1S/C12H13IN4O/c1-18-9-2-3-10(13)7(5-9)4-8-6-16-12(15)17-11(8)14/h2-3,5-6H,4H2,1H3,(H4,14,15,16,17). The van der Waals surface area contributed by atoms with Gasteiger partial charge in [-0.05, 0) is 46.4 Å². The van der Waals surface area contributed by atoms with Gasteiger partial charge in [-0.15, -0.1) is 0 Å². The van der Waals surface area contributed by atoms with E-state index in [4.69, 9.17) is 16.2 Å². The van der Waals surface area contributed by atoms with Crippen LogP contribution in [0.15, 0.2) is 24.4 Å². The van der Waals surface area contributed by atoms with Crippen molar-refractivity contribution in [3.63, 3.8) is 0 Å². The molecule has 0 atom stereocenters. The Morgan fingerprint density at radius 1 is 1.28 bits per heavy atom. The normalized spacial score (nSPS) is 10.3. The first-order chi connectivity index (χ1) is 8.60. The molecule has 0 fully saturated rings. The number of halogens is 1. The van der Waals surface area contributed by atoms with E-state index in [9.17, 15) is 0 Å². The molecule has 1 aromatic carbocycles. The molecule has 94 valence electrons. The van der Waals surface area contributed by atoms with Crippen LogP contribution in [-0.2, 0) is 6.42 Å². The molecule has 0 aliphatic carbocycles. The molecule has 0 spiro atoms. The Bertz CT molecular complexity index is 574. The Kier molecular flexibility index (Phi) is 3.85. The molecule has 0 radical (unpaired) electrons. The zero-order valence-corrected chi connectivity index (χ0v) is 12.0. The van der Waals surface area contributed by atoms with E-state index in [1.807, 2.05) is 18.2 Å². The van der Waals surface area contributed by atoms with Crippen LogP contribution in [0.4, 0.5) is 11.8 Å². The van der Waals surface area contributed by atoms with E-state index in [0.717, 1.165) is 20.4 Å². The predicted octanol–water partition coefficient (Wildman–Crippen LogP) is 1.84. The summed E-state index contributed by atoms with van der Waals surface area (Å²) in [7, 11) is 1.65. The lowest BCUT2D eigenvalue weighted by molar-refractivity contribution is 0.414. The van der Waals surface area contributed by atoms with Gasteiger partial charge in [-0.25, -0.2) is 4.98 Å². The van der Waals surface area contributed by atoms with Crippen LogP contribution in [-0.4, -0.2) is 17.1 Å². The van der Waals surface area contributed by atoms with Gasteiger partial charge in [0, 0.05) is 21.8 Å². The number of aromatic nitrogens is 2. The summed E-state index contributed by atoms with van der Waals surface area (Å²) in [4.78, 5) is 7.91. The van der Waals surface area contributed by atoms with Crippen molar-refractivity contribution in [1.82, 2.24) is 9.97 Å². The summed E-state index contributed by atoms with van der Waals surface area (Å²) >= 11 is 2.28. The van der Waals surface area contributed by atoms with Gasteiger partial charge in [-0.1, -0.05) is 0 Å². The number of methoxy groups -OCH3 is 1. The van der Waals surface area contributed by atoms with Crippen LogP contribution in [0.1, 0.15) is 11.1 Å². The lowest BCUT2D eigenvalue weighted by atomic mass is 10.1. The highest BCUT2D eigenvalue weighted by atomic mass is 127. The molecular formula is C12H13IN4O. The third kappa shape index (κ3) is 2.81. The lowest BCUT2D eigenvalue weighted by Crippen LogP contribution is -2.04. The summed E-state index contributed by atoms with van der Waals surface area (Å²) in [5.74, 6) is 1.43. The van der Waals surface area contributed by atoms with Gasteiger partial charge >= 0.3 is 0 Å². The van der Waals surface area contributed by atoms with E-state index in [0.29, 0.717) is 12.2 Å². The fourth-order valence-electron chi connectivity index (χ4n) is 1.59. The van der Waals surface area contributed by atoms with Crippen LogP contribution in [0.25, 0.3) is 0 Å². The Morgan fingerprint density at radius 2 is 2.06 bits per heavy atom. The first-order valence-electron chi connectivity index (χ1n) is 5.29. The second-order valence-electron chi connectivity index (χ2n) is 3.77. The minimum atomic E-state index is 0.191.